The molecule has 2 aromatic rings. The summed E-state index contributed by atoms with van der Waals surface area (Å²) in [5.74, 6) is 0.673. The van der Waals surface area contributed by atoms with Crippen molar-refractivity contribution in [3.63, 3.8) is 0 Å². The third kappa shape index (κ3) is 3.42. The number of aromatic nitrogens is 1. The van der Waals surface area contributed by atoms with Crippen LogP contribution >= 0.6 is 0 Å². The first-order valence-corrected chi connectivity index (χ1v) is 7.23. The average molecular weight is 285 g/mol. The molecule has 1 aromatic carbocycles. The Kier molecular flexibility index (Phi) is 4.33. The lowest BCUT2D eigenvalue weighted by Crippen LogP contribution is -2.23. The molecule has 1 aromatic heterocycles. The molecule has 1 heterocycles. The minimum Gasteiger partial charge on any atom is -0.489 e. The van der Waals surface area contributed by atoms with Crippen LogP contribution in [0.15, 0.2) is 36.7 Å². The number of aryl methyl sites for hydroxylation is 2. The summed E-state index contributed by atoms with van der Waals surface area (Å²) in [7, 11) is 0. The minimum absolute atomic E-state index is 0.0774. The molecule has 0 saturated heterocycles. The number of aliphatic hydroxyl groups is 1. The van der Waals surface area contributed by atoms with E-state index in [0.29, 0.717) is 5.75 Å². The lowest BCUT2D eigenvalue weighted by molar-refractivity contribution is 0.101. The van der Waals surface area contributed by atoms with Gasteiger partial charge in [0.2, 0.25) is 0 Å². The maximum absolute atomic E-state index is 10.9. The van der Waals surface area contributed by atoms with Gasteiger partial charge in [-0.3, -0.25) is 4.98 Å². The van der Waals surface area contributed by atoms with Gasteiger partial charge >= 0.3 is 0 Å². The second-order valence-corrected chi connectivity index (χ2v) is 5.95. The van der Waals surface area contributed by atoms with Crippen LogP contribution in [-0.4, -0.2) is 16.2 Å². The summed E-state index contributed by atoms with van der Waals surface area (Å²) in [4.78, 5) is 4.18. The first-order valence-electron chi connectivity index (χ1n) is 7.23. The molecule has 1 atom stereocenters. The van der Waals surface area contributed by atoms with E-state index in [9.17, 15) is 5.11 Å². The van der Waals surface area contributed by atoms with Crippen LogP contribution in [0.1, 0.15) is 43.0 Å². The van der Waals surface area contributed by atoms with Gasteiger partial charge in [-0.2, -0.15) is 0 Å². The Morgan fingerprint density at radius 2 is 1.76 bits per heavy atom. The largest absolute Gasteiger partial charge is 0.489 e. The van der Waals surface area contributed by atoms with Gasteiger partial charge in [0.25, 0.3) is 0 Å². The Morgan fingerprint density at radius 3 is 2.38 bits per heavy atom. The fourth-order valence-corrected chi connectivity index (χ4v) is 2.23. The van der Waals surface area contributed by atoms with Crippen LogP contribution in [0.5, 0.6) is 5.75 Å². The number of rotatable bonds is 4. The molecule has 0 aliphatic carbocycles. The molecule has 1 N–H and O–H groups in total. The van der Waals surface area contributed by atoms with E-state index in [0.717, 1.165) is 16.7 Å². The van der Waals surface area contributed by atoms with Crippen LogP contribution in [-0.2, 0) is 5.60 Å². The first-order chi connectivity index (χ1) is 9.80. The molecule has 0 aliphatic rings. The number of pyridine rings is 1. The SMILES string of the molecule is Cc1ccc(C(C)(O)c2cncc(OC(C)C)c2)cc1C. The summed E-state index contributed by atoms with van der Waals surface area (Å²) in [5, 5.41) is 10.9. The molecule has 0 aliphatic heterocycles. The lowest BCUT2D eigenvalue weighted by atomic mass is 9.87. The van der Waals surface area contributed by atoms with Crippen LogP contribution in [0, 0.1) is 13.8 Å². The molecular weight excluding hydrogens is 262 g/mol. The summed E-state index contributed by atoms with van der Waals surface area (Å²) in [6, 6.07) is 7.85. The maximum atomic E-state index is 10.9. The molecule has 0 radical (unpaired) electrons. The van der Waals surface area contributed by atoms with Crippen molar-refractivity contribution in [3.8, 4) is 5.75 Å². The molecule has 0 saturated carbocycles. The van der Waals surface area contributed by atoms with E-state index < -0.39 is 5.60 Å². The van der Waals surface area contributed by atoms with E-state index in [4.69, 9.17) is 4.74 Å². The summed E-state index contributed by atoms with van der Waals surface area (Å²) in [5.41, 5.74) is 2.86. The fraction of sp³-hybridized carbons (Fsp3) is 0.389. The van der Waals surface area contributed by atoms with Crippen molar-refractivity contribution in [1.82, 2.24) is 4.98 Å². The van der Waals surface area contributed by atoms with Crippen LogP contribution in [0.4, 0.5) is 0 Å². The predicted molar refractivity (Wildman–Crippen MR) is 84.6 cm³/mol. The molecule has 3 nitrogen and oxygen atoms in total. The van der Waals surface area contributed by atoms with E-state index in [1.165, 1.54) is 5.56 Å². The van der Waals surface area contributed by atoms with Gasteiger partial charge in [0.1, 0.15) is 11.4 Å². The number of nitrogens with zero attached hydrogens (tertiary/aromatic N) is 1. The molecule has 3 heteroatoms. The van der Waals surface area contributed by atoms with Gasteiger partial charge in [0.05, 0.1) is 12.3 Å². The fourth-order valence-electron chi connectivity index (χ4n) is 2.23. The van der Waals surface area contributed by atoms with Crippen molar-refractivity contribution >= 4 is 0 Å². The summed E-state index contributed by atoms with van der Waals surface area (Å²) < 4.78 is 5.66. The quantitative estimate of drug-likeness (QED) is 0.930. The van der Waals surface area contributed by atoms with Gasteiger partial charge in [-0.05, 0) is 57.4 Å². The van der Waals surface area contributed by atoms with Crippen molar-refractivity contribution < 1.29 is 9.84 Å². The zero-order chi connectivity index (χ0) is 15.6. The van der Waals surface area contributed by atoms with Gasteiger partial charge in [-0.25, -0.2) is 0 Å². The molecule has 21 heavy (non-hydrogen) atoms. The van der Waals surface area contributed by atoms with Crippen LogP contribution in [0.2, 0.25) is 0 Å². The average Bonchev–Trinajstić information content (AvgIpc) is 2.41. The molecule has 112 valence electrons. The second kappa shape index (κ2) is 5.86. The first kappa shape index (κ1) is 15.5. The molecule has 1 unspecified atom stereocenters. The minimum atomic E-state index is -1.10. The van der Waals surface area contributed by atoms with E-state index in [1.54, 1.807) is 19.3 Å². The Morgan fingerprint density at radius 1 is 1.05 bits per heavy atom. The molecular formula is C18H23NO2. The van der Waals surface area contributed by atoms with Crippen LogP contribution < -0.4 is 4.74 Å². The Bertz CT molecular complexity index is 633. The topological polar surface area (TPSA) is 42.4 Å². The van der Waals surface area contributed by atoms with Crippen molar-refractivity contribution in [1.29, 1.82) is 0 Å². The highest BCUT2D eigenvalue weighted by atomic mass is 16.5. The number of hydrogen-bond donors (Lipinski definition) is 1. The Hall–Kier alpha value is -1.87. The molecule has 0 amide bonds. The Balaban J connectivity index is 2.40. The van der Waals surface area contributed by atoms with Crippen molar-refractivity contribution in [2.45, 2.75) is 46.3 Å². The van der Waals surface area contributed by atoms with Gasteiger partial charge < -0.3 is 9.84 Å². The highest BCUT2D eigenvalue weighted by Gasteiger charge is 2.27. The van der Waals surface area contributed by atoms with Gasteiger partial charge in [0.15, 0.2) is 0 Å². The second-order valence-electron chi connectivity index (χ2n) is 5.95. The number of benzene rings is 1. The highest BCUT2D eigenvalue weighted by Crippen LogP contribution is 2.31. The van der Waals surface area contributed by atoms with Gasteiger partial charge in [0, 0.05) is 11.8 Å². The maximum Gasteiger partial charge on any atom is 0.138 e. The van der Waals surface area contributed by atoms with Crippen molar-refractivity contribution in [2.24, 2.45) is 0 Å². The number of hydrogen-bond acceptors (Lipinski definition) is 3. The summed E-state index contributed by atoms with van der Waals surface area (Å²) >= 11 is 0. The van der Waals surface area contributed by atoms with Crippen LogP contribution in [0.3, 0.4) is 0 Å². The lowest BCUT2D eigenvalue weighted by Gasteiger charge is -2.25. The van der Waals surface area contributed by atoms with Crippen LogP contribution in [0.25, 0.3) is 0 Å². The normalized spacial score (nSPS) is 14.0. The molecule has 0 spiro atoms. The third-order valence-corrected chi connectivity index (χ3v) is 3.72. The van der Waals surface area contributed by atoms with Crippen molar-refractivity contribution in [3.05, 3.63) is 58.9 Å². The zero-order valence-electron chi connectivity index (χ0n) is 13.3. The number of ether oxygens (including phenoxy) is 1. The molecule has 2 rings (SSSR count). The zero-order valence-corrected chi connectivity index (χ0v) is 13.3. The van der Waals surface area contributed by atoms with Gasteiger partial charge in [-0.1, -0.05) is 18.2 Å². The predicted octanol–water partition coefficient (Wildman–Crippen LogP) is 3.74. The third-order valence-electron chi connectivity index (χ3n) is 3.72. The smallest absolute Gasteiger partial charge is 0.138 e. The highest BCUT2D eigenvalue weighted by molar-refractivity contribution is 5.40. The van der Waals surface area contributed by atoms with E-state index in [-0.39, 0.29) is 6.10 Å². The summed E-state index contributed by atoms with van der Waals surface area (Å²) in [6.07, 6.45) is 3.43. The van der Waals surface area contributed by atoms with E-state index >= 15 is 0 Å². The van der Waals surface area contributed by atoms with E-state index in [1.807, 2.05) is 45.0 Å². The van der Waals surface area contributed by atoms with Gasteiger partial charge in [-0.15, -0.1) is 0 Å². The molecule has 0 fully saturated rings. The van der Waals surface area contributed by atoms with Crippen molar-refractivity contribution in [2.75, 3.05) is 0 Å². The monoisotopic (exact) mass is 285 g/mol. The Labute approximate surface area is 126 Å². The summed E-state index contributed by atoms with van der Waals surface area (Å²) in [6.45, 7) is 9.83. The molecule has 0 bridgehead atoms. The van der Waals surface area contributed by atoms with E-state index in [2.05, 4.69) is 11.9 Å². The standard InChI is InChI=1S/C18H23NO2/c1-12(2)21-17-9-16(10-19-11-17)18(5,20)15-7-6-13(3)14(4)8-15/h6-12,20H,1-5H3.